The first-order valence-electron chi connectivity index (χ1n) is 7.22. The predicted molar refractivity (Wildman–Crippen MR) is 94.9 cm³/mol. The lowest BCUT2D eigenvalue weighted by molar-refractivity contribution is -0.119. The zero-order chi connectivity index (χ0) is 15.8. The second-order valence-corrected chi connectivity index (χ2v) is 7.93. The van der Waals surface area contributed by atoms with Crippen LogP contribution >= 0.6 is 34.4 Å². The van der Waals surface area contributed by atoms with Gasteiger partial charge in [-0.3, -0.25) is 4.79 Å². The van der Waals surface area contributed by atoms with E-state index >= 15 is 0 Å². The Hall–Kier alpha value is -1.12. The lowest BCUT2D eigenvalue weighted by atomic mass is 10.3. The third kappa shape index (κ3) is 5.58. The minimum Gasteiger partial charge on any atom is -0.360 e. The maximum Gasteiger partial charge on any atom is 0.230 e. The molecule has 8 heteroatoms. The van der Waals surface area contributed by atoms with Crippen LogP contribution in [-0.4, -0.2) is 28.4 Å². The van der Waals surface area contributed by atoms with Crippen LogP contribution in [-0.2, 0) is 4.79 Å². The summed E-state index contributed by atoms with van der Waals surface area (Å²) in [7, 11) is 0. The molecular formula is C14H20N4OS3. The largest absolute Gasteiger partial charge is 0.360 e. The van der Waals surface area contributed by atoms with Crippen LogP contribution in [0.15, 0.2) is 21.9 Å². The van der Waals surface area contributed by atoms with Gasteiger partial charge < -0.3 is 10.6 Å². The van der Waals surface area contributed by atoms with Gasteiger partial charge in [-0.2, -0.15) is 0 Å². The van der Waals surface area contributed by atoms with Crippen molar-refractivity contribution in [2.45, 2.75) is 37.1 Å². The summed E-state index contributed by atoms with van der Waals surface area (Å²) in [6.07, 6.45) is 2.26. The highest BCUT2D eigenvalue weighted by Crippen LogP contribution is 2.25. The highest BCUT2D eigenvalue weighted by atomic mass is 32.2. The molecule has 0 aliphatic carbocycles. The van der Waals surface area contributed by atoms with Gasteiger partial charge in [0.05, 0.1) is 11.8 Å². The van der Waals surface area contributed by atoms with Crippen molar-refractivity contribution >= 4 is 45.5 Å². The fourth-order valence-electron chi connectivity index (χ4n) is 1.73. The molecule has 0 aromatic carbocycles. The SMILES string of the molecule is CCCCNc1nnc(SCC(=O)NC(C)c2cccs2)s1. The number of anilines is 1. The zero-order valence-electron chi connectivity index (χ0n) is 12.7. The van der Waals surface area contributed by atoms with E-state index in [1.807, 2.05) is 24.4 Å². The molecule has 1 atom stereocenters. The minimum atomic E-state index is 0.0154. The molecule has 0 saturated carbocycles. The molecule has 5 nitrogen and oxygen atoms in total. The minimum absolute atomic E-state index is 0.0154. The Labute approximate surface area is 142 Å². The van der Waals surface area contributed by atoms with E-state index in [1.54, 1.807) is 11.3 Å². The van der Waals surface area contributed by atoms with E-state index in [0.717, 1.165) is 33.7 Å². The third-order valence-electron chi connectivity index (χ3n) is 2.89. The average molecular weight is 357 g/mol. The number of thiophene rings is 1. The van der Waals surface area contributed by atoms with Crippen LogP contribution in [0.3, 0.4) is 0 Å². The van der Waals surface area contributed by atoms with Gasteiger partial charge in [0, 0.05) is 11.4 Å². The number of rotatable bonds is 9. The molecule has 0 aliphatic heterocycles. The lowest BCUT2D eigenvalue weighted by Crippen LogP contribution is -2.27. The van der Waals surface area contributed by atoms with Gasteiger partial charge >= 0.3 is 0 Å². The van der Waals surface area contributed by atoms with E-state index in [1.165, 1.54) is 23.1 Å². The molecule has 0 fully saturated rings. The predicted octanol–water partition coefficient (Wildman–Crippen LogP) is 3.78. The maximum atomic E-state index is 12.0. The molecule has 22 heavy (non-hydrogen) atoms. The highest BCUT2D eigenvalue weighted by molar-refractivity contribution is 8.01. The zero-order valence-corrected chi connectivity index (χ0v) is 15.1. The third-order valence-corrected chi connectivity index (χ3v) is 5.96. The molecule has 2 aromatic rings. The molecule has 2 heterocycles. The van der Waals surface area contributed by atoms with Crippen LogP contribution in [0.1, 0.15) is 37.6 Å². The van der Waals surface area contributed by atoms with Crippen molar-refractivity contribution in [1.29, 1.82) is 0 Å². The van der Waals surface area contributed by atoms with Gasteiger partial charge in [-0.1, -0.05) is 42.5 Å². The van der Waals surface area contributed by atoms with E-state index in [4.69, 9.17) is 0 Å². The number of carbonyl (C=O) groups excluding carboxylic acids is 1. The fourth-order valence-corrected chi connectivity index (χ4v) is 4.05. The number of nitrogens with one attached hydrogen (secondary N) is 2. The molecule has 0 saturated heterocycles. The second kappa shape index (κ2) is 9.12. The molecule has 0 aliphatic rings. The number of aromatic nitrogens is 2. The van der Waals surface area contributed by atoms with E-state index < -0.39 is 0 Å². The van der Waals surface area contributed by atoms with E-state index in [2.05, 4.69) is 27.8 Å². The van der Waals surface area contributed by atoms with Crippen molar-refractivity contribution in [2.75, 3.05) is 17.6 Å². The first-order valence-corrected chi connectivity index (χ1v) is 9.90. The van der Waals surface area contributed by atoms with Crippen molar-refractivity contribution < 1.29 is 4.79 Å². The molecule has 0 radical (unpaired) electrons. The standard InChI is InChI=1S/C14H20N4OS3/c1-3-4-7-15-13-17-18-14(22-13)21-9-12(19)16-10(2)11-6-5-8-20-11/h5-6,8,10H,3-4,7,9H2,1-2H3,(H,15,17)(H,16,19). The van der Waals surface area contributed by atoms with Crippen molar-refractivity contribution in [2.24, 2.45) is 0 Å². The second-order valence-electron chi connectivity index (χ2n) is 4.75. The fraction of sp³-hybridized carbons (Fsp3) is 0.500. The molecular weight excluding hydrogens is 336 g/mol. The Bertz CT molecular complexity index is 570. The summed E-state index contributed by atoms with van der Waals surface area (Å²) in [4.78, 5) is 13.1. The summed E-state index contributed by atoms with van der Waals surface area (Å²) in [5.41, 5.74) is 0. The number of unbranched alkanes of at least 4 members (excludes halogenated alkanes) is 1. The van der Waals surface area contributed by atoms with Gasteiger partial charge in [0.15, 0.2) is 4.34 Å². The van der Waals surface area contributed by atoms with Gasteiger partial charge in [-0.25, -0.2) is 0 Å². The number of hydrogen-bond acceptors (Lipinski definition) is 7. The molecule has 1 amide bonds. The monoisotopic (exact) mass is 356 g/mol. The van der Waals surface area contributed by atoms with Crippen LogP contribution in [0.4, 0.5) is 5.13 Å². The Morgan fingerprint density at radius 2 is 2.32 bits per heavy atom. The van der Waals surface area contributed by atoms with Crippen molar-refractivity contribution in [3.05, 3.63) is 22.4 Å². The summed E-state index contributed by atoms with van der Waals surface area (Å²) in [6.45, 7) is 5.06. The number of hydrogen-bond donors (Lipinski definition) is 2. The lowest BCUT2D eigenvalue weighted by Gasteiger charge is -2.11. The number of thioether (sulfide) groups is 1. The Kier molecular flexibility index (Phi) is 7.14. The molecule has 0 spiro atoms. The molecule has 0 bridgehead atoms. The Morgan fingerprint density at radius 3 is 3.05 bits per heavy atom. The first-order chi connectivity index (χ1) is 10.7. The Balaban J connectivity index is 1.72. The van der Waals surface area contributed by atoms with Gasteiger partial charge in [0.1, 0.15) is 0 Å². The average Bonchev–Trinajstić information content (AvgIpc) is 3.17. The number of carbonyl (C=O) groups is 1. The molecule has 2 rings (SSSR count). The molecule has 2 N–H and O–H groups in total. The molecule has 120 valence electrons. The van der Waals surface area contributed by atoms with Crippen molar-refractivity contribution in [1.82, 2.24) is 15.5 Å². The van der Waals surface area contributed by atoms with E-state index in [9.17, 15) is 4.79 Å². The summed E-state index contributed by atoms with van der Waals surface area (Å²) in [6, 6.07) is 4.07. The topological polar surface area (TPSA) is 66.9 Å². The number of amides is 1. The summed E-state index contributed by atoms with van der Waals surface area (Å²) < 4.78 is 0.818. The van der Waals surface area contributed by atoms with Gasteiger partial charge in [-0.05, 0) is 24.8 Å². The van der Waals surface area contributed by atoms with Gasteiger partial charge in [-0.15, -0.1) is 21.5 Å². The maximum absolute atomic E-state index is 12.0. The summed E-state index contributed by atoms with van der Waals surface area (Å²) in [5.74, 6) is 0.376. The van der Waals surface area contributed by atoms with Gasteiger partial charge in [0.25, 0.3) is 0 Å². The molecule has 2 aromatic heterocycles. The van der Waals surface area contributed by atoms with Crippen LogP contribution in [0.5, 0.6) is 0 Å². The summed E-state index contributed by atoms with van der Waals surface area (Å²) >= 11 is 4.57. The van der Waals surface area contributed by atoms with Crippen LogP contribution in [0.2, 0.25) is 0 Å². The van der Waals surface area contributed by atoms with Crippen LogP contribution in [0.25, 0.3) is 0 Å². The highest BCUT2D eigenvalue weighted by Gasteiger charge is 2.12. The Morgan fingerprint density at radius 1 is 1.45 bits per heavy atom. The van der Waals surface area contributed by atoms with Crippen LogP contribution < -0.4 is 10.6 Å². The van der Waals surface area contributed by atoms with E-state index in [-0.39, 0.29) is 11.9 Å². The first kappa shape index (κ1) is 17.2. The smallest absolute Gasteiger partial charge is 0.230 e. The van der Waals surface area contributed by atoms with Crippen LogP contribution in [0, 0.1) is 0 Å². The summed E-state index contributed by atoms with van der Waals surface area (Å²) in [5, 5.41) is 17.2. The quantitative estimate of drug-likeness (QED) is 0.529. The normalized spacial score (nSPS) is 12.1. The molecule has 1 unspecified atom stereocenters. The van der Waals surface area contributed by atoms with E-state index in [0.29, 0.717) is 5.75 Å². The number of nitrogens with zero attached hydrogens (tertiary/aromatic N) is 2. The van der Waals surface area contributed by atoms with Crippen molar-refractivity contribution in [3.63, 3.8) is 0 Å². The van der Waals surface area contributed by atoms with Gasteiger partial charge in [0.2, 0.25) is 11.0 Å². The van der Waals surface area contributed by atoms with Crippen molar-refractivity contribution in [3.8, 4) is 0 Å².